The molecule has 0 unspecified atom stereocenters. The van der Waals surface area contributed by atoms with Gasteiger partial charge in [-0.15, -0.1) is 0 Å². The Bertz CT molecular complexity index is 249. The lowest BCUT2D eigenvalue weighted by atomic mass is 10.0. The first-order valence-corrected chi connectivity index (χ1v) is 4.71. The van der Waals surface area contributed by atoms with Gasteiger partial charge in [0.1, 0.15) is 11.8 Å². The Balaban J connectivity index is 2.26. The maximum Gasteiger partial charge on any atom is 0.117 e. The molecule has 12 heavy (non-hydrogen) atoms. The van der Waals surface area contributed by atoms with E-state index in [-0.39, 0.29) is 0 Å². The number of fused-ring (bicyclic) bond motifs is 1. The van der Waals surface area contributed by atoms with Crippen LogP contribution < -0.4 is 0 Å². The average molecular weight is 162 g/mol. The largest absolute Gasteiger partial charge is 0.358 e. The van der Waals surface area contributed by atoms with Crippen LogP contribution in [-0.4, -0.2) is 17.0 Å². The zero-order valence-electron chi connectivity index (χ0n) is 7.45. The Morgan fingerprint density at radius 3 is 3.08 bits per heavy atom. The van der Waals surface area contributed by atoms with E-state index >= 15 is 0 Å². The van der Waals surface area contributed by atoms with Crippen LogP contribution in [0.15, 0.2) is 11.8 Å². The second-order valence-corrected chi connectivity index (χ2v) is 3.77. The van der Waals surface area contributed by atoms with E-state index in [9.17, 15) is 0 Å². The summed E-state index contributed by atoms with van der Waals surface area (Å²) in [5.41, 5.74) is 0.913. The Hall–Kier alpha value is -0.970. The minimum absolute atomic E-state index is 0.584. The molecule has 0 N–H and O–H groups in total. The van der Waals surface area contributed by atoms with E-state index in [1.807, 2.05) is 0 Å². The molecule has 2 heteroatoms. The van der Waals surface area contributed by atoms with E-state index in [1.54, 1.807) is 0 Å². The van der Waals surface area contributed by atoms with Crippen LogP contribution in [-0.2, 0) is 0 Å². The predicted octanol–water partition coefficient (Wildman–Crippen LogP) is 2.04. The van der Waals surface area contributed by atoms with Crippen LogP contribution in [0.2, 0.25) is 0 Å². The zero-order valence-corrected chi connectivity index (χ0v) is 7.45. The van der Waals surface area contributed by atoms with Gasteiger partial charge in [-0.05, 0) is 32.6 Å². The maximum atomic E-state index is 8.90. The second-order valence-electron chi connectivity index (χ2n) is 3.77. The summed E-state index contributed by atoms with van der Waals surface area (Å²) in [5.74, 6) is 0. The van der Waals surface area contributed by atoms with Crippen LogP contribution in [0.5, 0.6) is 0 Å². The number of allylic oxidation sites excluding steroid dienone is 2. The molecule has 0 aliphatic carbocycles. The predicted molar refractivity (Wildman–Crippen MR) is 47.3 cm³/mol. The van der Waals surface area contributed by atoms with Crippen LogP contribution in [0.3, 0.4) is 0 Å². The van der Waals surface area contributed by atoms with Crippen LogP contribution in [0.1, 0.15) is 32.6 Å². The smallest absolute Gasteiger partial charge is 0.117 e. The first-order chi connectivity index (χ1) is 5.83. The molecule has 0 spiro atoms. The van der Waals surface area contributed by atoms with E-state index in [0.29, 0.717) is 12.1 Å². The van der Waals surface area contributed by atoms with Crippen molar-refractivity contribution in [3.8, 4) is 6.07 Å². The minimum Gasteiger partial charge on any atom is -0.358 e. The topological polar surface area (TPSA) is 27.0 Å². The highest BCUT2D eigenvalue weighted by Crippen LogP contribution is 2.33. The number of nitrogens with zero attached hydrogens (tertiary/aromatic N) is 2. The van der Waals surface area contributed by atoms with Crippen molar-refractivity contribution < 1.29 is 0 Å². The molecule has 0 saturated carbocycles. The number of hydrogen-bond donors (Lipinski definition) is 0. The van der Waals surface area contributed by atoms with Crippen LogP contribution in [0.25, 0.3) is 0 Å². The summed E-state index contributed by atoms with van der Waals surface area (Å²) >= 11 is 0. The molecule has 0 bridgehead atoms. The Morgan fingerprint density at radius 1 is 1.50 bits per heavy atom. The third-order valence-electron chi connectivity index (χ3n) is 3.02. The highest BCUT2D eigenvalue weighted by atomic mass is 15.2. The quantitative estimate of drug-likeness (QED) is 0.545. The molecule has 64 valence electrons. The van der Waals surface area contributed by atoms with Crippen molar-refractivity contribution in [1.82, 2.24) is 4.90 Å². The molecule has 0 aromatic heterocycles. The van der Waals surface area contributed by atoms with Gasteiger partial charge in [-0.1, -0.05) is 6.08 Å². The summed E-state index contributed by atoms with van der Waals surface area (Å²) in [7, 11) is 0. The van der Waals surface area contributed by atoms with Gasteiger partial charge >= 0.3 is 0 Å². The van der Waals surface area contributed by atoms with Gasteiger partial charge in [-0.2, -0.15) is 5.26 Å². The Labute approximate surface area is 73.5 Å². The van der Waals surface area contributed by atoms with Crippen molar-refractivity contribution in [3.05, 3.63) is 11.8 Å². The highest BCUT2D eigenvalue weighted by Gasteiger charge is 2.33. The van der Waals surface area contributed by atoms with E-state index in [0.717, 1.165) is 12.1 Å². The molecule has 0 radical (unpaired) electrons. The summed E-state index contributed by atoms with van der Waals surface area (Å²) in [5, 5.41) is 8.90. The van der Waals surface area contributed by atoms with Crippen LogP contribution >= 0.6 is 0 Å². The lowest BCUT2D eigenvalue weighted by Gasteiger charge is -2.32. The van der Waals surface area contributed by atoms with Crippen LogP contribution in [0, 0.1) is 11.3 Å². The van der Waals surface area contributed by atoms with Crippen molar-refractivity contribution in [2.75, 3.05) is 0 Å². The van der Waals surface area contributed by atoms with Crippen molar-refractivity contribution in [1.29, 1.82) is 5.26 Å². The standard InChI is InChI=1S/C10H14N2/c1-8-5-6-9-3-2-4-10(7-11)12(8)9/h4,8-9H,2-3,5-6H2,1H3/t8-,9+/m0/s1. The first-order valence-electron chi connectivity index (χ1n) is 4.71. The average Bonchev–Trinajstić information content (AvgIpc) is 2.48. The Kier molecular flexibility index (Phi) is 1.80. The molecule has 0 aromatic rings. The SMILES string of the molecule is C[C@H]1CC[C@H]2CCC=C(C#N)N21. The van der Waals surface area contributed by atoms with Crippen molar-refractivity contribution >= 4 is 0 Å². The molecule has 2 rings (SSSR count). The van der Waals surface area contributed by atoms with E-state index in [1.165, 1.54) is 19.3 Å². The molecule has 0 amide bonds. The molecular weight excluding hydrogens is 148 g/mol. The normalized spacial score (nSPS) is 34.0. The van der Waals surface area contributed by atoms with Gasteiger partial charge in [0.05, 0.1) is 0 Å². The van der Waals surface area contributed by atoms with Gasteiger partial charge < -0.3 is 4.90 Å². The van der Waals surface area contributed by atoms with Gasteiger partial charge in [0.2, 0.25) is 0 Å². The van der Waals surface area contributed by atoms with Crippen molar-refractivity contribution in [2.45, 2.75) is 44.7 Å². The lowest BCUT2D eigenvalue weighted by Crippen LogP contribution is -2.35. The zero-order chi connectivity index (χ0) is 8.55. The summed E-state index contributed by atoms with van der Waals surface area (Å²) in [4.78, 5) is 2.31. The van der Waals surface area contributed by atoms with Crippen molar-refractivity contribution in [3.63, 3.8) is 0 Å². The van der Waals surface area contributed by atoms with Crippen LogP contribution in [0.4, 0.5) is 0 Å². The molecule has 1 fully saturated rings. The van der Waals surface area contributed by atoms with Gasteiger partial charge in [-0.25, -0.2) is 0 Å². The van der Waals surface area contributed by atoms with Gasteiger partial charge in [0.15, 0.2) is 0 Å². The summed E-state index contributed by atoms with van der Waals surface area (Å²) in [6, 6.07) is 3.54. The van der Waals surface area contributed by atoms with Gasteiger partial charge in [0, 0.05) is 12.1 Å². The number of rotatable bonds is 0. The summed E-state index contributed by atoms with van der Waals surface area (Å²) in [6.07, 6.45) is 6.95. The minimum atomic E-state index is 0.584. The number of hydrogen-bond acceptors (Lipinski definition) is 2. The Morgan fingerprint density at radius 2 is 2.33 bits per heavy atom. The van der Waals surface area contributed by atoms with E-state index in [2.05, 4.69) is 24.0 Å². The fraction of sp³-hybridized carbons (Fsp3) is 0.700. The van der Waals surface area contributed by atoms with E-state index < -0.39 is 0 Å². The number of nitriles is 1. The molecule has 2 atom stereocenters. The summed E-state index contributed by atoms with van der Waals surface area (Å²) in [6.45, 7) is 2.22. The molecule has 2 aliphatic rings. The first kappa shape index (κ1) is 7.67. The molecular formula is C10H14N2. The van der Waals surface area contributed by atoms with Crippen molar-refractivity contribution in [2.24, 2.45) is 0 Å². The van der Waals surface area contributed by atoms with E-state index in [4.69, 9.17) is 5.26 Å². The molecule has 2 aliphatic heterocycles. The fourth-order valence-corrected chi connectivity index (χ4v) is 2.41. The maximum absolute atomic E-state index is 8.90. The molecule has 1 saturated heterocycles. The fourth-order valence-electron chi connectivity index (χ4n) is 2.41. The monoisotopic (exact) mass is 162 g/mol. The third kappa shape index (κ3) is 1.01. The molecule has 2 heterocycles. The van der Waals surface area contributed by atoms with Gasteiger partial charge in [0.25, 0.3) is 0 Å². The summed E-state index contributed by atoms with van der Waals surface area (Å²) < 4.78 is 0. The van der Waals surface area contributed by atoms with Gasteiger partial charge in [-0.3, -0.25) is 0 Å². The highest BCUT2D eigenvalue weighted by molar-refractivity contribution is 5.24. The second kappa shape index (κ2) is 2.82. The lowest BCUT2D eigenvalue weighted by molar-refractivity contribution is 0.249. The molecule has 2 nitrogen and oxygen atoms in total. The molecule has 0 aromatic carbocycles. The third-order valence-corrected chi connectivity index (χ3v) is 3.02.